The predicted molar refractivity (Wildman–Crippen MR) is 126 cm³/mol. The number of aromatic nitrogens is 2. The van der Waals surface area contributed by atoms with E-state index in [0.29, 0.717) is 0 Å². The summed E-state index contributed by atoms with van der Waals surface area (Å²) in [5, 5.41) is 44.2. The predicted octanol–water partition coefficient (Wildman–Crippen LogP) is -3.32. The number of hydrogen-bond donors (Lipinski definition) is 7. The highest BCUT2D eigenvalue weighted by Gasteiger charge is 2.51. The van der Waals surface area contributed by atoms with Gasteiger partial charge in [-0.1, -0.05) is 19.3 Å². The number of rotatable bonds is 8. The summed E-state index contributed by atoms with van der Waals surface area (Å²) < 4.78 is 17.6. The topological polar surface area (TPSA) is 236 Å². The molecule has 1 aliphatic carbocycles. The van der Waals surface area contributed by atoms with Crippen LogP contribution in [0.2, 0.25) is 0 Å². The lowest BCUT2D eigenvalue weighted by atomic mass is 9.94. The molecule has 210 valence electrons. The van der Waals surface area contributed by atoms with Gasteiger partial charge in [0.05, 0.1) is 6.61 Å². The fourth-order valence-corrected chi connectivity index (χ4v) is 4.95. The number of hydrogen-bond acceptors (Lipinski definition) is 11. The van der Waals surface area contributed by atoms with E-state index in [4.69, 9.17) is 19.9 Å². The quantitative estimate of drug-likeness (QED) is 0.172. The molecule has 0 bridgehead atoms. The molecule has 15 heteroatoms. The maximum Gasteiger partial charge on any atom is 0.330 e. The van der Waals surface area contributed by atoms with Crippen LogP contribution in [0.15, 0.2) is 33.7 Å². The van der Waals surface area contributed by atoms with Gasteiger partial charge in [-0.05, 0) is 18.9 Å². The highest BCUT2D eigenvalue weighted by molar-refractivity contribution is 5.92. The van der Waals surface area contributed by atoms with Gasteiger partial charge in [0, 0.05) is 24.2 Å². The number of carbonyl (C=O) groups excluding carboxylic acids is 2. The van der Waals surface area contributed by atoms with Crippen LogP contribution in [0.4, 0.5) is 0 Å². The van der Waals surface area contributed by atoms with E-state index in [-0.39, 0.29) is 11.8 Å². The summed E-state index contributed by atoms with van der Waals surface area (Å²) in [6, 6.07) is 0.940. The molecule has 1 aromatic heterocycles. The molecular formula is C23H32N4O11. The van der Waals surface area contributed by atoms with E-state index in [1.807, 2.05) is 4.98 Å². The summed E-state index contributed by atoms with van der Waals surface area (Å²) in [6.07, 6.45) is -4.61. The molecule has 15 nitrogen and oxygen atoms in total. The Hall–Kier alpha value is -3.08. The van der Waals surface area contributed by atoms with Crippen LogP contribution in [0.1, 0.15) is 38.3 Å². The van der Waals surface area contributed by atoms with Crippen LogP contribution >= 0.6 is 0 Å². The number of primary amides is 1. The Labute approximate surface area is 215 Å². The summed E-state index contributed by atoms with van der Waals surface area (Å²) in [7, 11) is 0. The number of amides is 2. The number of aliphatic hydroxyl groups excluding tert-OH is 4. The van der Waals surface area contributed by atoms with E-state index in [2.05, 4.69) is 5.32 Å². The Kier molecular flexibility index (Phi) is 8.64. The maximum atomic E-state index is 12.7. The van der Waals surface area contributed by atoms with Gasteiger partial charge in [0.1, 0.15) is 24.4 Å². The van der Waals surface area contributed by atoms with Gasteiger partial charge in [-0.25, -0.2) is 4.79 Å². The normalized spacial score (nSPS) is 32.7. The first-order chi connectivity index (χ1) is 18.1. The molecular weight excluding hydrogens is 508 g/mol. The Morgan fingerprint density at radius 1 is 1.18 bits per heavy atom. The van der Waals surface area contributed by atoms with Crippen LogP contribution < -0.4 is 22.3 Å². The average Bonchev–Trinajstić information content (AvgIpc) is 3.20. The molecule has 3 aliphatic rings. The van der Waals surface area contributed by atoms with Crippen molar-refractivity contribution >= 4 is 11.8 Å². The molecule has 0 radical (unpaired) electrons. The first-order valence-electron chi connectivity index (χ1n) is 12.4. The number of aromatic amines is 1. The Morgan fingerprint density at radius 2 is 1.89 bits per heavy atom. The fourth-order valence-electron chi connectivity index (χ4n) is 4.95. The Morgan fingerprint density at radius 3 is 2.53 bits per heavy atom. The first-order valence-corrected chi connectivity index (χ1v) is 12.4. The summed E-state index contributed by atoms with van der Waals surface area (Å²) >= 11 is 0. The van der Waals surface area contributed by atoms with E-state index in [1.165, 1.54) is 0 Å². The van der Waals surface area contributed by atoms with Gasteiger partial charge < -0.3 is 45.7 Å². The second-order valence-corrected chi connectivity index (χ2v) is 9.61. The maximum absolute atomic E-state index is 12.7. The van der Waals surface area contributed by atoms with Crippen molar-refractivity contribution in [3.05, 3.63) is 44.9 Å². The van der Waals surface area contributed by atoms with Gasteiger partial charge in [0.15, 0.2) is 18.1 Å². The zero-order valence-corrected chi connectivity index (χ0v) is 20.3. The van der Waals surface area contributed by atoms with Gasteiger partial charge >= 0.3 is 5.69 Å². The number of nitrogens with two attached hydrogens (primary N) is 1. The lowest BCUT2D eigenvalue weighted by Gasteiger charge is -2.35. The van der Waals surface area contributed by atoms with Crippen molar-refractivity contribution in [2.45, 2.75) is 81.2 Å². The molecule has 3 heterocycles. The van der Waals surface area contributed by atoms with E-state index in [9.17, 15) is 39.6 Å². The number of nitrogens with zero attached hydrogens (tertiary/aromatic N) is 1. The van der Waals surface area contributed by atoms with Gasteiger partial charge in [0.25, 0.3) is 11.5 Å². The van der Waals surface area contributed by atoms with Gasteiger partial charge in [-0.2, -0.15) is 0 Å². The third-order valence-corrected chi connectivity index (χ3v) is 7.00. The van der Waals surface area contributed by atoms with Crippen LogP contribution in [0.5, 0.6) is 0 Å². The molecule has 38 heavy (non-hydrogen) atoms. The number of H-pyrrole nitrogens is 1. The van der Waals surface area contributed by atoms with Crippen molar-refractivity contribution in [1.82, 2.24) is 14.9 Å². The minimum Gasteiger partial charge on any atom is -0.456 e. The monoisotopic (exact) mass is 540 g/mol. The highest BCUT2D eigenvalue weighted by atomic mass is 16.7. The summed E-state index contributed by atoms with van der Waals surface area (Å²) in [4.78, 5) is 50.8. The molecule has 1 aromatic rings. The molecule has 2 aliphatic heterocycles. The molecule has 8 atom stereocenters. The Balaban J connectivity index is 1.52. The fraction of sp³-hybridized carbons (Fsp3) is 0.652. The molecule has 0 aromatic carbocycles. The van der Waals surface area contributed by atoms with Crippen molar-refractivity contribution in [2.75, 3.05) is 6.61 Å². The molecule has 8 N–H and O–H groups in total. The average molecular weight is 541 g/mol. The minimum absolute atomic E-state index is 0.0746. The van der Waals surface area contributed by atoms with Crippen molar-refractivity contribution in [3.63, 3.8) is 0 Å². The number of nitrogens with one attached hydrogen (secondary N) is 2. The zero-order valence-electron chi connectivity index (χ0n) is 20.3. The van der Waals surface area contributed by atoms with E-state index in [0.717, 1.165) is 55.0 Å². The Bertz CT molecular complexity index is 1160. The third kappa shape index (κ3) is 5.82. The molecule has 0 unspecified atom stereocenters. The van der Waals surface area contributed by atoms with Gasteiger partial charge in [0.2, 0.25) is 12.2 Å². The van der Waals surface area contributed by atoms with Gasteiger partial charge in [-0.15, -0.1) is 0 Å². The number of carbonyl (C=O) groups is 2. The second-order valence-electron chi connectivity index (χ2n) is 9.61. The molecule has 1 saturated heterocycles. The summed E-state index contributed by atoms with van der Waals surface area (Å²) in [6.45, 7) is -0.723. The van der Waals surface area contributed by atoms with Crippen molar-refractivity contribution in [2.24, 2.45) is 11.7 Å². The van der Waals surface area contributed by atoms with Crippen molar-refractivity contribution < 1.29 is 44.2 Å². The summed E-state index contributed by atoms with van der Waals surface area (Å²) in [5.74, 6) is -3.30. The van der Waals surface area contributed by atoms with Crippen LogP contribution in [0, 0.1) is 5.92 Å². The molecule has 1 saturated carbocycles. The highest BCUT2D eigenvalue weighted by Crippen LogP contribution is 2.36. The van der Waals surface area contributed by atoms with E-state index in [1.54, 1.807) is 0 Å². The molecule has 2 fully saturated rings. The van der Waals surface area contributed by atoms with Crippen LogP contribution in [0.3, 0.4) is 0 Å². The number of aliphatic hydroxyl groups is 4. The summed E-state index contributed by atoms with van der Waals surface area (Å²) in [5.41, 5.74) is 3.91. The second kappa shape index (κ2) is 11.8. The van der Waals surface area contributed by atoms with E-state index >= 15 is 0 Å². The number of ether oxygens (including phenoxy) is 3. The van der Waals surface area contributed by atoms with Crippen LogP contribution in [-0.2, 0) is 23.8 Å². The van der Waals surface area contributed by atoms with Crippen molar-refractivity contribution in [3.8, 4) is 0 Å². The SMILES string of the molecule is NC(=O)[C@H](O[C@H]1OC(C(=O)NC2CCCCC2)=C[C@H](O)[C@@H]1O)[C@H]1O[C@@H](n2ccc(=O)[nH]c2=O)[C@H](O)[C@@H]1CO. The van der Waals surface area contributed by atoms with Crippen molar-refractivity contribution in [1.29, 1.82) is 0 Å². The zero-order chi connectivity index (χ0) is 27.6. The van der Waals surface area contributed by atoms with Gasteiger partial charge in [-0.3, -0.25) is 23.9 Å². The molecule has 0 spiro atoms. The minimum atomic E-state index is -1.77. The first kappa shape index (κ1) is 27.9. The smallest absolute Gasteiger partial charge is 0.330 e. The largest absolute Gasteiger partial charge is 0.456 e. The standard InChI is InChI=1S/C23H32N4O11/c24-19(33)18(17-11(9-28)15(31)21(37-17)27-7-6-14(30)26-23(27)35)38-22-16(32)12(29)8-13(36-22)20(34)25-10-4-2-1-3-5-10/h6-8,10-12,15-18,21-22,28-29,31-32H,1-5,9H2,(H2,24,33)(H,25,34)(H,26,30,35)/t11-,12-,15+,16-,17-,18+,21+,22+/m0/s1. The lowest BCUT2D eigenvalue weighted by Crippen LogP contribution is -2.53. The van der Waals surface area contributed by atoms with E-state index < -0.39 is 78.6 Å². The van der Waals surface area contributed by atoms with Crippen LogP contribution in [0.25, 0.3) is 0 Å². The van der Waals surface area contributed by atoms with Crippen LogP contribution in [-0.4, -0.2) is 91.3 Å². The molecule has 4 rings (SSSR count). The lowest BCUT2D eigenvalue weighted by molar-refractivity contribution is -0.239. The third-order valence-electron chi connectivity index (χ3n) is 7.00. The molecule has 2 amide bonds.